The van der Waals surface area contributed by atoms with Gasteiger partial charge in [-0.15, -0.1) is 11.6 Å². The summed E-state index contributed by atoms with van der Waals surface area (Å²) in [6.45, 7) is 0. The highest BCUT2D eigenvalue weighted by Crippen LogP contribution is 2.30. The van der Waals surface area contributed by atoms with Gasteiger partial charge in [-0.25, -0.2) is 13.6 Å². The number of esters is 1. The summed E-state index contributed by atoms with van der Waals surface area (Å²) in [5.41, 5.74) is -0.512. The molecule has 0 N–H and O–H groups in total. The van der Waals surface area contributed by atoms with Gasteiger partial charge >= 0.3 is 5.97 Å². The molecule has 0 unspecified atom stereocenters. The van der Waals surface area contributed by atoms with Gasteiger partial charge in [0, 0.05) is 15.3 Å². The fourth-order valence-electron chi connectivity index (χ4n) is 1.19. The molecule has 0 radical (unpaired) electrons. The van der Waals surface area contributed by atoms with Crippen LogP contribution in [0.25, 0.3) is 0 Å². The number of halogens is 4. The van der Waals surface area contributed by atoms with Gasteiger partial charge in [0.2, 0.25) is 0 Å². The minimum absolute atomic E-state index is 0.101. The van der Waals surface area contributed by atoms with Crippen LogP contribution in [-0.4, -0.2) is 18.1 Å². The quantitative estimate of drug-likeness (QED) is 0.472. The lowest BCUT2D eigenvalue weighted by Gasteiger charge is -2.11. The van der Waals surface area contributed by atoms with Crippen LogP contribution < -0.4 is 0 Å². The number of hydrogen-bond acceptors (Lipinski definition) is 3. The average molecular weight is 362 g/mol. The van der Waals surface area contributed by atoms with Gasteiger partial charge in [-0.1, -0.05) is 0 Å². The number of carbonyl (C=O) groups excluding carboxylic acids is 1. The molecule has 0 aliphatic rings. The molecule has 16 heavy (non-hydrogen) atoms. The summed E-state index contributed by atoms with van der Waals surface area (Å²) in [4.78, 5) is 15.2. The largest absolute Gasteiger partial charge is 0.465 e. The lowest BCUT2D eigenvalue weighted by molar-refractivity contribution is 0.0587. The van der Waals surface area contributed by atoms with Crippen molar-refractivity contribution in [1.29, 1.82) is 0 Å². The molecule has 0 spiro atoms. The Morgan fingerprint density at radius 1 is 1.69 bits per heavy atom. The first-order valence-corrected chi connectivity index (χ1v) is 5.74. The zero-order valence-electron chi connectivity index (χ0n) is 8.14. The first-order chi connectivity index (χ1) is 7.52. The van der Waals surface area contributed by atoms with Crippen LogP contribution >= 0.6 is 34.2 Å². The molecule has 0 aromatic carbocycles. The number of alkyl halides is 3. The Kier molecular flexibility index (Phi) is 4.85. The Bertz CT molecular complexity index is 415. The summed E-state index contributed by atoms with van der Waals surface area (Å²) in [5.74, 6) is -0.974. The van der Waals surface area contributed by atoms with E-state index in [1.54, 1.807) is 22.6 Å². The van der Waals surface area contributed by atoms with Gasteiger partial charge in [-0.05, 0) is 22.6 Å². The molecule has 3 nitrogen and oxygen atoms in total. The molecule has 88 valence electrons. The maximum atomic E-state index is 12.8. The summed E-state index contributed by atoms with van der Waals surface area (Å²) < 4.78 is 30.3. The van der Waals surface area contributed by atoms with Gasteiger partial charge in [0.25, 0.3) is 6.43 Å². The third kappa shape index (κ3) is 2.60. The van der Waals surface area contributed by atoms with E-state index in [0.29, 0.717) is 0 Å². The molecular weight excluding hydrogens is 354 g/mol. The molecule has 0 atom stereocenters. The highest BCUT2D eigenvalue weighted by molar-refractivity contribution is 14.1. The van der Waals surface area contributed by atoms with Crippen molar-refractivity contribution in [3.63, 3.8) is 0 Å². The van der Waals surface area contributed by atoms with Crippen molar-refractivity contribution in [2.45, 2.75) is 12.3 Å². The van der Waals surface area contributed by atoms with Gasteiger partial charge in [0.15, 0.2) is 0 Å². The van der Waals surface area contributed by atoms with Crippen LogP contribution in [0.3, 0.4) is 0 Å². The van der Waals surface area contributed by atoms with E-state index in [1.807, 2.05) is 0 Å². The number of carbonyl (C=O) groups is 1. The number of aromatic nitrogens is 1. The highest BCUT2D eigenvalue weighted by Gasteiger charge is 2.26. The van der Waals surface area contributed by atoms with Gasteiger partial charge in [-0.3, -0.25) is 4.98 Å². The monoisotopic (exact) mass is 361 g/mol. The van der Waals surface area contributed by atoms with Gasteiger partial charge in [0.1, 0.15) is 0 Å². The van der Waals surface area contributed by atoms with Crippen LogP contribution in [0.2, 0.25) is 0 Å². The van der Waals surface area contributed by atoms with E-state index in [0.717, 1.165) is 7.11 Å². The maximum Gasteiger partial charge on any atom is 0.340 e. The molecule has 1 aromatic heterocycles. The molecule has 0 aliphatic heterocycles. The van der Waals surface area contributed by atoms with E-state index in [-0.39, 0.29) is 26.3 Å². The summed E-state index contributed by atoms with van der Waals surface area (Å²) in [7, 11) is 1.12. The molecule has 0 aliphatic carbocycles. The molecule has 0 saturated heterocycles. The van der Waals surface area contributed by atoms with Crippen molar-refractivity contribution < 1.29 is 18.3 Å². The lowest BCUT2D eigenvalue weighted by Crippen LogP contribution is -2.13. The van der Waals surface area contributed by atoms with E-state index in [2.05, 4.69) is 9.72 Å². The molecule has 1 heterocycles. The molecule has 0 bridgehead atoms. The van der Waals surface area contributed by atoms with Crippen LogP contribution in [0.15, 0.2) is 6.20 Å². The van der Waals surface area contributed by atoms with Crippen LogP contribution in [0, 0.1) is 3.57 Å². The van der Waals surface area contributed by atoms with Crippen molar-refractivity contribution in [2.75, 3.05) is 7.11 Å². The third-order valence-corrected chi connectivity index (χ3v) is 3.00. The fraction of sp³-hybridized carbons (Fsp3) is 0.333. The second-order valence-corrected chi connectivity index (χ2v) is 4.20. The maximum absolute atomic E-state index is 12.8. The van der Waals surface area contributed by atoms with Crippen LogP contribution in [0.4, 0.5) is 8.78 Å². The zero-order chi connectivity index (χ0) is 12.3. The SMILES string of the molecule is COC(=O)c1c(CCl)ncc(I)c1C(F)F. The topological polar surface area (TPSA) is 39.2 Å². The van der Waals surface area contributed by atoms with E-state index < -0.39 is 12.4 Å². The Balaban J connectivity index is 3.48. The number of hydrogen-bond donors (Lipinski definition) is 0. The molecule has 7 heteroatoms. The number of ether oxygens (including phenoxy) is 1. The summed E-state index contributed by atoms with van der Waals surface area (Å²) in [6.07, 6.45) is -1.52. The van der Waals surface area contributed by atoms with Crippen LogP contribution in [0.1, 0.15) is 28.0 Å². The van der Waals surface area contributed by atoms with Crippen LogP contribution in [0.5, 0.6) is 0 Å². The minimum Gasteiger partial charge on any atom is -0.465 e. The van der Waals surface area contributed by atoms with E-state index in [1.165, 1.54) is 6.20 Å². The fourth-order valence-corrected chi connectivity index (χ4v) is 2.04. The van der Waals surface area contributed by atoms with Crippen LogP contribution in [-0.2, 0) is 10.6 Å². The van der Waals surface area contributed by atoms with E-state index >= 15 is 0 Å². The van der Waals surface area contributed by atoms with Gasteiger partial charge in [-0.2, -0.15) is 0 Å². The summed E-state index contributed by atoms with van der Waals surface area (Å²) in [5, 5.41) is 0. The standard InChI is InChI=1S/C9H7ClF2INO2/c1-16-9(15)7-5(2-10)14-3-4(13)6(7)8(11)12/h3,8H,2H2,1H3. The number of methoxy groups -OCH3 is 1. The predicted octanol–water partition coefficient (Wildman–Crippen LogP) is 3.15. The predicted molar refractivity (Wildman–Crippen MR) is 62.8 cm³/mol. The second-order valence-electron chi connectivity index (χ2n) is 2.77. The Hall–Kier alpha value is -0.500. The van der Waals surface area contributed by atoms with Crippen molar-refractivity contribution >= 4 is 40.2 Å². The van der Waals surface area contributed by atoms with Gasteiger partial charge in [0.05, 0.1) is 24.2 Å². The van der Waals surface area contributed by atoms with Crippen molar-refractivity contribution in [3.8, 4) is 0 Å². The highest BCUT2D eigenvalue weighted by atomic mass is 127. The third-order valence-electron chi connectivity index (χ3n) is 1.88. The number of rotatable bonds is 3. The molecule has 1 aromatic rings. The Labute approximate surface area is 109 Å². The van der Waals surface area contributed by atoms with Gasteiger partial charge < -0.3 is 4.74 Å². The molecule has 0 amide bonds. The first kappa shape index (κ1) is 13.6. The van der Waals surface area contributed by atoms with E-state index in [9.17, 15) is 13.6 Å². The van der Waals surface area contributed by atoms with E-state index in [4.69, 9.17) is 11.6 Å². The molecule has 0 fully saturated rings. The summed E-state index contributed by atoms with van der Waals surface area (Å²) >= 11 is 7.24. The van der Waals surface area contributed by atoms with Crippen molar-refractivity contribution in [3.05, 3.63) is 26.6 Å². The zero-order valence-corrected chi connectivity index (χ0v) is 11.1. The molecule has 0 saturated carbocycles. The summed E-state index contributed by atoms with van der Waals surface area (Å²) in [6, 6.07) is 0. The Morgan fingerprint density at radius 3 is 2.75 bits per heavy atom. The number of pyridine rings is 1. The second kappa shape index (κ2) is 5.72. The molecule has 1 rings (SSSR count). The van der Waals surface area contributed by atoms with Crippen molar-refractivity contribution in [2.24, 2.45) is 0 Å². The number of nitrogens with zero attached hydrogens (tertiary/aromatic N) is 1. The average Bonchev–Trinajstić information content (AvgIpc) is 2.27. The normalized spacial score (nSPS) is 10.6. The first-order valence-electron chi connectivity index (χ1n) is 4.12. The lowest BCUT2D eigenvalue weighted by atomic mass is 10.1. The minimum atomic E-state index is -2.77. The smallest absolute Gasteiger partial charge is 0.340 e. The van der Waals surface area contributed by atoms with Crippen molar-refractivity contribution in [1.82, 2.24) is 4.98 Å². The Morgan fingerprint density at radius 2 is 2.31 bits per heavy atom. The molecular formula is C9H7ClF2INO2.